The van der Waals surface area contributed by atoms with Crippen molar-refractivity contribution in [1.29, 1.82) is 0 Å². The van der Waals surface area contributed by atoms with E-state index in [4.69, 9.17) is 4.74 Å². The maximum atomic E-state index is 12.5. The van der Waals surface area contributed by atoms with Gasteiger partial charge in [0.25, 0.3) is 0 Å². The molecule has 0 unspecified atom stereocenters. The van der Waals surface area contributed by atoms with E-state index in [9.17, 15) is 13.2 Å². The Morgan fingerprint density at radius 3 is 2.33 bits per heavy atom. The van der Waals surface area contributed by atoms with Gasteiger partial charge in [-0.3, -0.25) is 4.79 Å². The lowest BCUT2D eigenvalue weighted by molar-refractivity contribution is -0.121. The van der Waals surface area contributed by atoms with E-state index in [1.165, 1.54) is 19.2 Å². The van der Waals surface area contributed by atoms with E-state index >= 15 is 0 Å². The number of likely N-dealkylation sites (N-methyl/N-ethyl adjacent to an activating group) is 1. The smallest absolute Gasteiger partial charge is 0.243 e. The molecule has 1 aromatic carbocycles. The predicted octanol–water partition coefficient (Wildman–Crippen LogP) is 1.23. The molecule has 0 bridgehead atoms. The monoisotopic (exact) mass is 314 g/mol. The molecular formula is C14H22N2O4S. The number of hydrogen-bond donors (Lipinski definition) is 1. The first-order chi connectivity index (χ1) is 9.95. The van der Waals surface area contributed by atoms with Crippen molar-refractivity contribution in [2.24, 2.45) is 0 Å². The molecule has 1 rings (SSSR count). The number of amides is 1. The van der Waals surface area contributed by atoms with Gasteiger partial charge in [0.05, 0.1) is 18.6 Å². The quantitative estimate of drug-likeness (QED) is 0.783. The minimum absolute atomic E-state index is 0.147. The maximum Gasteiger partial charge on any atom is 0.243 e. The molecule has 0 aliphatic carbocycles. The zero-order valence-corrected chi connectivity index (χ0v) is 13.4. The van der Waals surface area contributed by atoms with Crippen LogP contribution >= 0.6 is 0 Å². The molecule has 21 heavy (non-hydrogen) atoms. The van der Waals surface area contributed by atoms with Gasteiger partial charge in [-0.2, -0.15) is 4.31 Å². The Kier molecular flexibility index (Phi) is 6.64. The zero-order chi connectivity index (χ0) is 15.9. The summed E-state index contributed by atoms with van der Waals surface area (Å²) in [6.07, 6.45) is 0.809. The van der Waals surface area contributed by atoms with Crippen molar-refractivity contribution in [2.45, 2.75) is 25.2 Å². The number of carbonyl (C=O) groups excluding carboxylic acids is 1. The first-order valence-corrected chi connectivity index (χ1v) is 8.30. The molecular weight excluding hydrogens is 292 g/mol. The number of sulfonamides is 1. The molecule has 0 saturated carbocycles. The molecule has 1 amide bonds. The van der Waals surface area contributed by atoms with Gasteiger partial charge in [0.1, 0.15) is 5.75 Å². The summed E-state index contributed by atoms with van der Waals surface area (Å²) in [4.78, 5) is 11.9. The van der Waals surface area contributed by atoms with Crippen LogP contribution in [0.1, 0.15) is 20.3 Å². The predicted molar refractivity (Wildman–Crippen MR) is 80.7 cm³/mol. The summed E-state index contributed by atoms with van der Waals surface area (Å²) < 4.78 is 31.1. The van der Waals surface area contributed by atoms with Gasteiger partial charge < -0.3 is 10.1 Å². The number of rotatable bonds is 8. The van der Waals surface area contributed by atoms with E-state index in [1.807, 2.05) is 6.92 Å². The number of ether oxygens (including phenoxy) is 1. The lowest BCUT2D eigenvalue weighted by Crippen LogP contribution is -2.40. The van der Waals surface area contributed by atoms with Crippen LogP contribution in [0.15, 0.2) is 29.2 Å². The average Bonchev–Trinajstić information content (AvgIpc) is 2.50. The highest BCUT2D eigenvalue weighted by Gasteiger charge is 2.25. The van der Waals surface area contributed by atoms with Crippen LogP contribution in [0.5, 0.6) is 5.75 Å². The van der Waals surface area contributed by atoms with Crippen molar-refractivity contribution in [3.63, 3.8) is 0 Å². The van der Waals surface area contributed by atoms with Gasteiger partial charge in [-0.1, -0.05) is 13.8 Å². The molecule has 7 heteroatoms. The molecule has 0 aliphatic rings. The normalized spacial score (nSPS) is 11.4. The summed E-state index contributed by atoms with van der Waals surface area (Å²) in [5.41, 5.74) is 0. The first kappa shape index (κ1) is 17.5. The minimum Gasteiger partial charge on any atom is -0.497 e. The fourth-order valence-corrected chi connectivity index (χ4v) is 3.15. The molecule has 0 aromatic heterocycles. The Morgan fingerprint density at radius 2 is 1.86 bits per heavy atom. The Balaban J connectivity index is 2.88. The number of nitrogens with one attached hydrogen (secondary N) is 1. The van der Waals surface area contributed by atoms with Crippen molar-refractivity contribution >= 4 is 15.9 Å². The molecule has 1 N–H and O–H groups in total. The van der Waals surface area contributed by atoms with E-state index in [0.29, 0.717) is 12.3 Å². The van der Waals surface area contributed by atoms with Gasteiger partial charge in [-0.15, -0.1) is 0 Å². The van der Waals surface area contributed by atoms with Gasteiger partial charge in [0.2, 0.25) is 15.9 Å². The van der Waals surface area contributed by atoms with Crippen LogP contribution in [-0.2, 0) is 14.8 Å². The number of methoxy groups -OCH3 is 1. The van der Waals surface area contributed by atoms with Crippen molar-refractivity contribution in [1.82, 2.24) is 9.62 Å². The van der Waals surface area contributed by atoms with Gasteiger partial charge in [-0.25, -0.2) is 8.42 Å². The van der Waals surface area contributed by atoms with Gasteiger partial charge in [-0.05, 0) is 30.7 Å². The van der Waals surface area contributed by atoms with Gasteiger partial charge in [0, 0.05) is 13.1 Å². The van der Waals surface area contributed by atoms with Crippen LogP contribution < -0.4 is 10.1 Å². The molecule has 6 nitrogen and oxygen atoms in total. The second kappa shape index (κ2) is 7.99. The largest absolute Gasteiger partial charge is 0.497 e. The molecule has 0 saturated heterocycles. The summed E-state index contributed by atoms with van der Waals surface area (Å²) in [5.74, 6) is 0.286. The average molecular weight is 314 g/mol. The van der Waals surface area contributed by atoms with Crippen molar-refractivity contribution in [3.05, 3.63) is 24.3 Å². The highest BCUT2D eigenvalue weighted by atomic mass is 32.2. The van der Waals surface area contributed by atoms with Gasteiger partial charge in [0.15, 0.2) is 0 Å². The summed E-state index contributed by atoms with van der Waals surface area (Å²) in [5, 5.41) is 2.67. The Labute approximate surface area is 126 Å². The van der Waals surface area contributed by atoms with Crippen LogP contribution in [0.3, 0.4) is 0 Å². The third kappa shape index (κ3) is 4.71. The summed E-state index contributed by atoms with van der Waals surface area (Å²) in [7, 11) is -2.17. The van der Waals surface area contributed by atoms with Crippen LogP contribution in [0.2, 0.25) is 0 Å². The fourth-order valence-electron chi connectivity index (χ4n) is 1.74. The molecule has 118 valence electrons. The molecule has 0 fully saturated rings. The van der Waals surface area contributed by atoms with Crippen molar-refractivity contribution < 1.29 is 17.9 Å². The van der Waals surface area contributed by atoms with E-state index in [2.05, 4.69) is 5.32 Å². The topological polar surface area (TPSA) is 75.7 Å². The second-order valence-corrected chi connectivity index (χ2v) is 6.39. The highest BCUT2D eigenvalue weighted by molar-refractivity contribution is 7.89. The first-order valence-electron chi connectivity index (χ1n) is 6.86. The lowest BCUT2D eigenvalue weighted by atomic mass is 10.3. The minimum atomic E-state index is -3.68. The third-order valence-corrected chi connectivity index (χ3v) is 4.88. The molecule has 0 heterocycles. The molecule has 0 radical (unpaired) electrons. The van der Waals surface area contributed by atoms with Crippen LogP contribution in [0.4, 0.5) is 0 Å². The Bertz CT molecular complexity index is 555. The van der Waals surface area contributed by atoms with Crippen molar-refractivity contribution in [3.8, 4) is 5.75 Å². The van der Waals surface area contributed by atoms with E-state index < -0.39 is 10.0 Å². The van der Waals surface area contributed by atoms with Crippen molar-refractivity contribution in [2.75, 3.05) is 26.7 Å². The van der Waals surface area contributed by atoms with E-state index in [0.717, 1.165) is 10.7 Å². The number of benzene rings is 1. The standard InChI is InChI=1S/C14H22N2O4S/c1-4-10-15-14(17)11-16(5-2)21(18,19)13-8-6-12(20-3)7-9-13/h6-9H,4-5,10-11H2,1-3H3,(H,15,17). The number of hydrogen-bond acceptors (Lipinski definition) is 4. The van der Waals surface area contributed by atoms with Crippen LogP contribution in [0.25, 0.3) is 0 Å². The zero-order valence-electron chi connectivity index (χ0n) is 12.6. The summed E-state index contributed by atoms with van der Waals surface area (Å²) in [6, 6.07) is 6.11. The third-order valence-electron chi connectivity index (χ3n) is 2.94. The number of nitrogens with zero attached hydrogens (tertiary/aromatic N) is 1. The van der Waals surface area contributed by atoms with Crippen LogP contribution in [-0.4, -0.2) is 45.4 Å². The fraction of sp³-hybridized carbons (Fsp3) is 0.500. The summed E-state index contributed by atoms with van der Waals surface area (Å²) in [6.45, 7) is 4.23. The lowest BCUT2D eigenvalue weighted by Gasteiger charge is -2.20. The summed E-state index contributed by atoms with van der Waals surface area (Å²) >= 11 is 0. The second-order valence-electron chi connectivity index (χ2n) is 4.46. The van der Waals surface area contributed by atoms with E-state index in [-0.39, 0.29) is 23.9 Å². The Morgan fingerprint density at radius 1 is 1.24 bits per heavy atom. The molecule has 0 aliphatic heterocycles. The van der Waals surface area contributed by atoms with E-state index in [1.54, 1.807) is 19.1 Å². The molecule has 1 aromatic rings. The number of carbonyl (C=O) groups is 1. The Hall–Kier alpha value is -1.60. The molecule has 0 spiro atoms. The van der Waals surface area contributed by atoms with Crippen LogP contribution in [0, 0.1) is 0 Å². The molecule has 0 atom stereocenters. The SMILES string of the molecule is CCCNC(=O)CN(CC)S(=O)(=O)c1ccc(OC)cc1. The van der Waals surface area contributed by atoms with Gasteiger partial charge >= 0.3 is 0 Å². The highest BCUT2D eigenvalue weighted by Crippen LogP contribution is 2.19. The maximum absolute atomic E-state index is 12.5.